The van der Waals surface area contributed by atoms with Crippen LogP contribution >= 0.6 is 34.9 Å². The zero-order valence-corrected chi connectivity index (χ0v) is 20.1. The summed E-state index contributed by atoms with van der Waals surface area (Å²) in [6, 6.07) is 0. The van der Waals surface area contributed by atoms with Crippen LogP contribution in [0.4, 0.5) is 0 Å². The quantitative estimate of drug-likeness (QED) is 0.268. The summed E-state index contributed by atoms with van der Waals surface area (Å²) in [4.78, 5) is 19.1. The van der Waals surface area contributed by atoms with Crippen LogP contribution in [0.1, 0.15) is 51.0 Å². The molecule has 0 bridgehead atoms. The van der Waals surface area contributed by atoms with Crippen molar-refractivity contribution in [1.29, 1.82) is 0 Å². The van der Waals surface area contributed by atoms with Gasteiger partial charge in [-0.1, -0.05) is 37.4 Å². The Hall–Kier alpha value is -1.36. The van der Waals surface area contributed by atoms with E-state index >= 15 is 0 Å². The number of hydrogen-bond acceptors (Lipinski definition) is 9. The van der Waals surface area contributed by atoms with Crippen LogP contribution in [0.3, 0.4) is 0 Å². The topological polar surface area (TPSA) is 78.6 Å². The van der Waals surface area contributed by atoms with Crippen LogP contribution in [0.25, 0.3) is 15.9 Å². The predicted octanol–water partition coefficient (Wildman–Crippen LogP) is 4.74. The number of carbonyl (C=O) groups is 1. The molecule has 0 fully saturated rings. The molecule has 30 heavy (non-hydrogen) atoms. The van der Waals surface area contributed by atoms with Gasteiger partial charge in [0, 0.05) is 17.1 Å². The zero-order valence-electron chi connectivity index (χ0n) is 17.7. The van der Waals surface area contributed by atoms with Crippen molar-refractivity contribution in [2.75, 3.05) is 18.1 Å². The molecule has 4 heterocycles. The monoisotopic (exact) mass is 466 g/mol. The first-order valence-electron chi connectivity index (χ1n) is 10.2. The lowest BCUT2D eigenvalue weighted by molar-refractivity contribution is -0.139. The molecule has 0 aromatic carbocycles. The first kappa shape index (κ1) is 21.9. The van der Waals surface area contributed by atoms with Gasteiger partial charge in [0.1, 0.15) is 4.83 Å². The number of carbonyl (C=O) groups excluding carboxylic acids is 1. The molecular weight excluding hydrogens is 440 g/mol. The van der Waals surface area contributed by atoms with Gasteiger partial charge in [-0.25, -0.2) is 9.38 Å². The number of fused-ring (bicyclic) bond motifs is 5. The van der Waals surface area contributed by atoms with E-state index in [2.05, 4.69) is 31.0 Å². The van der Waals surface area contributed by atoms with E-state index in [1.54, 1.807) is 23.1 Å². The molecule has 0 saturated carbocycles. The van der Waals surface area contributed by atoms with Gasteiger partial charge in [-0.15, -0.1) is 21.5 Å². The minimum atomic E-state index is -0.250. The molecule has 1 aliphatic heterocycles. The molecule has 10 heteroatoms. The number of thioether (sulfide) groups is 2. The molecule has 4 rings (SSSR count). The second kappa shape index (κ2) is 9.02. The summed E-state index contributed by atoms with van der Waals surface area (Å²) in [6.07, 6.45) is 2.84. The van der Waals surface area contributed by atoms with E-state index < -0.39 is 0 Å². The lowest BCUT2D eigenvalue weighted by atomic mass is 9.90. The summed E-state index contributed by atoms with van der Waals surface area (Å²) in [6.45, 7) is 9.27. The normalized spacial score (nSPS) is 18.8. The average molecular weight is 467 g/mol. The molecule has 0 amide bonds. The number of aromatic nitrogens is 4. The van der Waals surface area contributed by atoms with Gasteiger partial charge < -0.3 is 9.47 Å². The minimum Gasteiger partial charge on any atom is -0.465 e. The Morgan fingerprint density at radius 1 is 1.27 bits per heavy atom. The standard InChI is InChI=1S/C20H26N4O3S3/c1-5-8-28-18-21-17-15(12-9-20(4,6-2)27-10-13(12)30-17)16-22-23-19(24(16)18)29-11-14(25)26-7-3/h5-11H2,1-4H3/t20-/m1/s1. The summed E-state index contributed by atoms with van der Waals surface area (Å²) in [5, 5.41) is 11.6. The molecule has 0 aliphatic carbocycles. The third kappa shape index (κ3) is 4.06. The fraction of sp³-hybridized carbons (Fsp3) is 0.600. The summed E-state index contributed by atoms with van der Waals surface area (Å²) in [5.74, 6) is 0.907. The van der Waals surface area contributed by atoms with Gasteiger partial charge in [0.25, 0.3) is 0 Å². The third-order valence-electron chi connectivity index (χ3n) is 5.23. The van der Waals surface area contributed by atoms with Gasteiger partial charge in [0.2, 0.25) is 0 Å². The van der Waals surface area contributed by atoms with Gasteiger partial charge in [0.05, 0.1) is 30.0 Å². The Bertz CT molecular complexity index is 1080. The van der Waals surface area contributed by atoms with Gasteiger partial charge in [-0.3, -0.25) is 4.79 Å². The maximum atomic E-state index is 11.9. The highest BCUT2D eigenvalue weighted by Crippen LogP contribution is 2.42. The van der Waals surface area contributed by atoms with Crippen molar-refractivity contribution in [2.24, 2.45) is 0 Å². The second-order valence-corrected chi connectivity index (χ2v) is 10.5. The van der Waals surface area contributed by atoms with Crippen LogP contribution in [-0.2, 0) is 27.3 Å². The molecule has 0 radical (unpaired) electrons. The van der Waals surface area contributed by atoms with Crippen LogP contribution in [0.15, 0.2) is 10.3 Å². The lowest BCUT2D eigenvalue weighted by Crippen LogP contribution is -2.33. The van der Waals surface area contributed by atoms with Crippen molar-refractivity contribution in [1.82, 2.24) is 19.6 Å². The summed E-state index contributed by atoms with van der Waals surface area (Å²) in [5.41, 5.74) is 1.93. The molecule has 1 aliphatic rings. The first-order valence-corrected chi connectivity index (χ1v) is 13.0. The van der Waals surface area contributed by atoms with Crippen molar-refractivity contribution >= 4 is 56.7 Å². The summed E-state index contributed by atoms with van der Waals surface area (Å²) >= 11 is 4.74. The Morgan fingerprint density at radius 3 is 2.83 bits per heavy atom. The fourth-order valence-electron chi connectivity index (χ4n) is 3.45. The van der Waals surface area contributed by atoms with Crippen molar-refractivity contribution in [2.45, 2.75) is 69.5 Å². The maximum Gasteiger partial charge on any atom is 0.316 e. The minimum absolute atomic E-state index is 0.171. The largest absolute Gasteiger partial charge is 0.465 e. The van der Waals surface area contributed by atoms with E-state index in [0.717, 1.165) is 46.0 Å². The van der Waals surface area contributed by atoms with Crippen molar-refractivity contribution in [3.8, 4) is 0 Å². The molecule has 0 spiro atoms. The number of thiophene rings is 1. The van der Waals surface area contributed by atoms with E-state index in [1.165, 1.54) is 22.2 Å². The van der Waals surface area contributed by atoms with Crippen LogP contribution in [0, 0.1) is 0 Å². The van der Waals surface area contributed by atoms with E-state index in [4.69, 9.17) is 14.5 Å². The molecule has 0 N–H and O–H groups in total. The van der Waals surface area contributed by atoms with E-state index in [9.17, 15) is 4.79 Å². The number of esters is 1. The van der Waals surface area contributed by atoms with Crippen LogP contribution < -0.4 is 0 Å². The van der Waals surface area contributed by atoms with Crippen LogP contribution in [0.2, 0.25) is 0 Å². The molecule has 7 nitrogen and oxygen atoms in total. The Kier molecular flexibility index (Phi) is 6.57. The summed E-state index contributed by atoms with van der Waals surface area (Å²) < 4.78 is 13.2. The SMILES string of the molecule is CCCSc1nc2sc3c(c2c2nnc(SCC(=O)OCC)n12)C[C@@](C)(CC)OC3. The molecule has 1 atom stereocenters. The van der Waals surface area contributed by atoms with E-state index in [0.29, 0.717) is 18.4 Å². The highest BCUT2D eigenvalue weighted by Gasteiger charge is 2.33. The second-order valence-electron chi connectivity index (χ2n) is 7.43. The molecule has 3 aromatic rings. The van der Waals surface area contributed by atoms with Gasteiger partial charge in [0.15, 0.2) is 16.0 Å². The molecular formula is C20H26N4O3S3. The van der Waals surface area contributed by atoms with Crippen molar-refractivity contribution in [3.63, 3.8) is 0 Å². The first-order chi connectivity index (χ1) is 14.5. The number of rotatable bonds is 8. The molecule has 3 aromatic heterocycles. The van der Waals surface area contributed by atoms with Gasteiger partial charge in [-0.05, 0) is 32.3 Å². The van der Waals surface area contributed by atoms with Gasteiger partial charge >= 0.3 is 5.97 Å². The molecule has 162 valence electrons. The van der Waals surface area contributed by atoms with Crippen molar-refractivity contribution in [3.05, 3.63) is 10.4 Å². The fourth-order valence-corrected chi connectivity index (χ4v) is 6.24. The number of nitrogens with zero attached hydrogens (tertiary/aromatic N) is 4. The number of hydrogen-bond donors (Lipinski definition) is 0. The predicted molar refractivity (Wildman–Crippen MR) is 122 cm³/mol. The van der Waals surface area contributed by atoms with Crippen molar-refractivity contribution < 1.29 is 14.3 Å². The van der Waals surface area contributed by atoms with Crippen LogP contribution in [-0.4, -0.2) is 49.3 Å². The Balaban J connectivity index is 1.83. The lowest BCUT2D eigenvalue weighted by Gasteiger charge is -2.33. The highest BCUT2D eigenvalue weighted by atomic mass is 32.2. The maximum absolute atomic E-state index is 11.9. The van der Waals surface area contributed by atoms with E-state index in [-0.39, 0.29) is 17.3 Å². The highest BCUT2D eigenvalue weighted by molar-refractivity contribution is 8.00. The van der Waals surface area contributed by atoms with Crippen LogP contribution in [0.5, 0.6) is 0 Å². The Labute approximate surface area is 188 Å². The van der Waals surface area contributed by atoms with E-state index in [1.807, 2.05) is 11.3 Å². The third-order valence-corrected chi connectivity index (χ3v) is 8.37. The summed E-state index contributed by atoms with van der Waals surface area (Å²) in [7, 11) is 0. The van der Waals surface area contributed by atoms with Gasteiger partial charge in [-0.2, -0.15) is 0 Å². The molecule has 0 unspecified atom stereocenters. The Morgan fingerprint density at radius 2 is 2.10 bits per heavy atom. The smallest absolute Gasteiger partial charge is 0.316 e. The zero-order chi connectivity index (χ0) is 21.3. The average Bonchev–Trinajstić information content (AvgIpc) is 3.31. The number of ether oxygens (including phenoxy) is 2. The molecule has 0 saturated heterocycles.